The molecule has 0 aliphatic rings. The van der Waals surface area contributed by atoms with Crippen molar-refractivity contribution in [1.29, 1.82) is 0 Å². The van der Waals surface area contributed by atoms with Gasteiger partial charge in [0.25, 0.3) is 5.91 Å². The minimum Gasteiger partial charge on any atom is -0.480 e. The van der Waals surface area contributed by atoms with Crippen LogP contribution in [0, 0.1) is 13.8 Å². The van der Waals surface area contributed by atoms with Crippen LogP contribution in [0.1, 0.15) is 35.6 Å². The summed E-state index contributed by atoms with van der Waals surface area (Å²) in [5.74, 6) is -0.570. The Morgan fingerprint density at radius 2 is 2.00 bits per heavy atom. The highest BCUT2D eigenvalue weighted by Crippen LogP contribution is 2.21. The molecule has 0 radical (unpaired) electrons. The van der Waals surface area contributed by atoms with E-state index in [1.807, 2.05) is 36.6 Å². The van der Waals surface area contributed by atoms with Gasteiger partial charge in [-0.25, -0.2) is 4.98 Å². The van der Waals surface area contributed by atoms with Gasteiger partial charge in [0.1, 0.15) is 12.4 Å². The average molecular weight is 315 g/mol. The molecule has 0 saturated heterocycles. The quantitative estimate of drug-likeness (QED) is 0.919. The van der Waals surface area contributed by atoms with Crippen molar-refractivity contribution in [2.45, 2.75) is 33.7 Å². The zero-order valence-electron chi connectivity index (χ0n) is 13.8. The SMILES string of the molecule is Cc1cc(C(=O)N(CC(=O)O)C(C)C)c(C)n1-c1ccccn1. The van der Waals surface area contributed by atoms with Gasteiger partial charge in [0.15, 0.2) is 0 Å². The summed E-state index contributed by atoms with van der Waals surface area (Å²) in [6.45, 7) is 7.03. The minimum atomic E-state index is -1.02. The summed E-state index contributed by atoms with van der Waals surface area (Å²) < 4.78 is 1.90. The van der Waals surface area contributed by atoms with E-state index in [-0.39, 0.29) is 18.5 Å². The number of carbonyl (C=O) groups excluding carboxylic acids is 1. The highest BCUT2D eigenvalue weighted by molar-refractivity contribution is 5.97. The Bertz CT molecular complexity index is 720. The summed E-state index contributed by atoms with van der Waals surface area (Å²) in [6.07, 6.45) is 1.69. The van der Waals surface area contributed by atoms with Crippen molar-refractivity contribution in [1.82, 2.24) is 14.5 Å². The van der Waals surface area contributed by atoms with Crippen LogP contribution in [-0.2, 0) is 4.79 Å². The molecule has 2 rings (SSSR count). The Morgan fingerprint density at radius 1 is 1.30 bits per heavy atom. The van der Waals surface area contributed by atoms with E-state index in [2.05, 4.69) is 4.98 Å². The Hall–Kier alpha value is -2.63. The first kappa shape index (κ1) is 16.7. The van der Waals surface area contributed by atoms with E-state index in [1.54, 1.807) is 26.1 Å². The standard InChI is InChI=1S/C17H21N3O3/c1-11(2)19(10-16(21)22)17(23)14-9-12(3)20(13(14)4)15-7-5-6-8-18-15/h5-9,11H,10H2,1-4H3,(H,21,22). The van der Waals surface area contributed by atoms with Crippen LogP contribution in [0.2, 0.25) is 0 Å². The average Bonchev–Trinajstić information content (AvgIpc) is 2.79. The van der Waals surface area contributed by atoms with Crippen molar-refractivity contribution in [3.05, 3.63) is 47.4 Å². The summed E-state index contributed by atoms with van der Waals surface area (Å²) in [6, 6.07) is 7.16. The molecule has 1 N–H and O–H groups in total. The predicted octanol–water partition coefficient (Wildman–Crippen LogP) is 2.42. The van der Waals surface area contributed by atoms with Gasteiger partial charge in [0, 0.05) is 23.6 Å². The van der Waals surface area contributed by atoms with Gasteiger partial charge < -0.3 is 14.6 Å². The van der Waals surface area contributed by atoms with Crippen LogP contribution in [0.15, 0.2) is 30.5 Å². The maximum atomic E-state index is 12.8. The highest BCUT2D eigenvalue weighted by Gasteiger charge is 2.25. The van der Waals surface area contributed by atoms with E-state index in [1.165, 1.54) is 4.90 Å². The van der Waals surface area contributed by atoms with Crippen molar-refractivity contribution in [3.63, 3.8) is 0 Å². The number of carboxylic acid groups (broad SMARTS) is 1. The van der Waals surface area contributed by atoms with E-state index < -0.39 is 5.97 Å². The van der Waals surface area contributed by atoms with Crippen LogP contribution in [0.3, 0.4) is 0 Å². The van der Waals surface area contributed by atoms with E-state index >= 15 is 0 Å². The third kappa shape index (κ3) is 3.41. The summed E-state index contributed by atoms with van der Waals surface area (Å²) in [7, 11) is 0. The third-order valence-electron chi connectivity index (χ3n) is 3.73. The van der Waals surface area contributed by atoms with Crippen LogP contribution in [0.4, 0.5) is 0 Å². The lowest BCUT2D eigenvalue weighted by atomic mass is 10.2. The maximum Gasteiger partial charge on any atom is 0.323 e. The van der Waals surface area contributed by atoms with Crippen molar-refractivity contribution < 1.29 is 14.7 Å². The van der Waals surface area contributed by atoms with E-state index in [0.29, 0.717) is 5.56 Å². The molecule has 0 spiro atoms. The Balaban J connectivity index is 2.45. The summed E-state index contributed by atoms with van der Waals surface area (Å²) in [5, 5.41) is 9.03. The van der Waals surface area contributed by atoms with E-state index in [0.717, 1.165) is 17.2 Å². The zero-order chi connectivity index (χ0) is 17.1. The smallest absolute Gasteiger partial charge is 0.323 e. The fraction of sp³-hybridized carbons (Fsp3) is 0.353. The molecule has 6 nitrogen and oxygen atoms in total. The second kappa shape index (κ2) is 6.64. The number of aliphatic carboxylic acids is 1. The number of nitrogens with zero attached hydrogens (tertiary/aromatic N) is 3. The van der Waals surface area contributed by atoms with Crippen LogP contribution < -0.4 is 0 Å². The molecule has 122 valence electrons. The summed E-state index contributed by atoms with van der Waals surface area (Å²) in [5.41, 5.74) is 2.13. The number of aromatic nitrogens is 2. The van der Waals surface area contributed by atoms with Gasteiger partial charge in [0.05, 0.1) is 5.56 Å². The number of carboxylic acids is 1. The Morgan fingerprint density at radius 3 is 2.52 bits per heavy atom. The molecule has 2 aromatic rings. The molecule has 0 fully saturated rings. The second-order valence-corrected chi connectivity index (χ2v) is 5.73. The Labute approximate surface area is 135 Å². The second-order valence-electron chi connectivity index (χ2n) is 5.73. The lowest BCUT2D eigenvalue weighted by Gasteiger charge is -2.25. The summed E-state index contributed by atoms with van der Waals surface area (Å²) in [4.78, 5) is 29.5. The Kier molecular flexibility index (Phi) is 4.83. The molecule has 6 heteroatoms. The first-order valence-corrected chi connectivity index (χ1v) is 7.46. The molecular formula is C17H21N3O3. The molecule has 2 heterocycles. The van der Waals surface area contributed by atoms with Crippen LogP contribution in [0.5, 0.6) is 0 Å². The fourth-order valence-electron chi connectivity index (χ4n) is 2.61. The fourth-order valence-corrected chi connectivity index (χ4v) is 2.61. The van der Waals surface area contributed by atoms with E-state index in [9.17, 15) is 9.59 Å². The number of hydrogen-bond acceptors (Lipinski definition) is 3. The molecule has 0 saturated carbocycles. The number of rotatable bonds is 5. The highest BCUT2D eigenvalue weighted by atomic mass is 16.4. The monoisotopic (exact) mass is 315 g/mol. The van der Waals surface area contributed by atoms with Gasteiger partial charge >= 0.3 is 5.97 Å². The normalized spacial score (nSPS) is 10.8. The topological polar surface area (TPSA) is 75.4 Å². The van der Waals surface area contributed by atoms with Gasteiger partial charge in [-0.05, 0) is 45.9 Å². The van der Waals surface area contributed by atoms with Crippen LogP contribution in [0.25, 0.3) is 5.82 Å². The van der Waals surface area contributed by atoms with Gasteiger partial charge in [-0.15, -0.1) is 0 Å². The lowest BCUT2D eigenvalue weighted by molar-refractivity contribution is -0.138. The molecule has 0 aromatic carbocycles. The largest absolute Gasteiger partial charge is 0.480 e. The maximum absolute atomic E-state index is 12.8. The van der Waals surface area contributed by atoms with Crippen molar-refractivity contribution >= 4 is 11.9 Å². The van der Waals surface area contributed by atoms with Gasteiger partial charge in [-0.1, -0.05) is 6.07 Å². The molecule has 0 atom stereocenters. The number of aryl methyl sites for hydroxylation is 1. The van der Waals surface area contributed by atoms with Crippen molar-refractivity contribution in [3.8, 4) is 5.82 Å². The van der Waals surface area contributed by atoms with Crippen LogP contribution in [-0.4, -0.2) is 44.0 Å². The van der Waals surface area contributed by atoms with Gasteiger partial charge in [-0.2, -0.15) is 0 Å². The van der Waals surface area contributed by atoms with E-state index in [4.69, 9.17) is 5.11 Å². The first-order valence-electron chi connectivity index (χ1n) is 7.46. The predicted molar refractivity (Wildman–Crippen MR) is 86.8 cm³/mol. The van der Waals surface area contributed by atoms with Crippen LogP contribution >= 0.6 is 0 Å². The van der Waals surface area contributed by atoms with Gasteiger partial charge in [-0.3, -0.25) is 9.59 Å². The molecule has 23 heavy (non-hydrogen) atoms. The minimum absolute atomic E-state index is 0.198. The number of amides is 1. The van der Waals surface area contributed by atoms with Crippen molar-refractivity contribution in [2.24, 2.45) is 0 Å². The zero-order valence-corrected chi connectivity index (χ0v) is 13.8. The number of pyridine rings is 1. The molecule has 1 amide bonds. The number of hydrogen-bond donors (Lipinski definition) is 1. The van der Waals surface area contributed by atoms with Gasteiger partial charge in [0.2, 0.25) is 0 Å². The molecule has 0 bridgehead atoms. The molecule has 2 aromatic heterocycles. The summed E-state index contributed by atoms with van der Waals surface area (Å²) >= 11 is 0. The molecular weight excluding hydrogens is 294 g/mol. The lowest BCUT2D eigenvalue weighted by Crippen LogP contribution is -2.40. The first-order chi connectivity index (χ1) is 10.8. The third-order valence-corrected chi connectivity index (χ3v) is 3.73. The molecule has 0 aliphatic heterocycles. The molecule has 0 aliphatic carbocycles. The number of carbonyl (C=O) groups is 2. The molecule has 0 unspecified atom stereocenters. The van der Waals surface area contributed by atoms with Crippen molar-refractivity contribution in [2.75, 3.05) is 6.54 Å².